The van der Waals surface area contributed by atoms with Crippen LogP contribution in [0.25, 0.3) is 0 Å². The number of aryl methyl sites for hydroxylation is 1. The summed E-state index contributed by atoms with van der Waals surface area (Å²) in [4.78, 5) is 0. The molecule has 2 N–H and O–H groups in total. The molecular formula is C13H19NOS. The number of nitrogens with one attached hydrogen (secondary N) is 1. The summed E-state index contributed by atoms with van der Waals surface area (Å²) < 4.78 is 0. The zero-order valence-electron chi connectivity index (χ0n) is 9.48. The standard InChI is InChI=1S/C13H19NOS/c15-12-5-3-11(4-6-12)7-9-16-13-2-1-8-14-10-13/h3-6,13-15H,1-2,7-10H2. The van der Waals surface area contributed by atoms with Gasteiger partial charge in [0.1, 0.15) is 5.75 Å². The van der Waals surface area contributed by atoms with Crippen molar-refractivity contribution in [3.05, 3.63) is 29.8 Å². The normalized spacial score (nSPS) is 20.9. The van der Waals surface area contributed by atoms with E-state index in [1.807, 2.05) is 12.1 Å². The van der Waals surface area contributed by atoms with Crippen molar-refractivity contribution in [3.8, 4) is 5.75 Å². The van der Waals surface area contributed by atoms with Crippen LogP contribution in [0.3, 0.4) is 0 Å². The molecule has 2 rings (SSSR count). The summed E-state index contributed by atoms with van der Waals surface area (Å²) in [5.41, 5.74) is 1.31. The highest BCUT2D eigenvalue weighted by atomic mass is 32.2. The maximum Gasteiger partial charge on any atom is 0.115 e. The van der Waals surface area contributed by atoms with Crippen LogP contribution in [-0.4, -0.2) is 29.2 Å². The van der Waals surface area contributed by atoms with Crippen molar-refractivity contribution < 1.29 is 5.11 Å². The zero-order valence-corrected chi connectivity index (χ0v) is 10.3. The molecule has 0 radical (unpaired) electrons. The molecule has 1 aliphatic heterocycles. The highest BCUT2D eigenvalue weighted by Crippen LogP contribution is 2.20. The molecule has 0 saturated carbocycles. The summed E-state index contributed by atoms with van der Waals surface area (Å²) in [7, 11) is 0. The first kappa shape index (κ1) is 11.8. The van der Waals surface area contributed by atoms with Gasteiger partial charge in [0, 0.05) is 11.8 Å². The molecule has 0 amide bonds. The van der Waals surface area contributed by atoms with Crippen LogP contribution < -0.4 is 5.32 Å². The Bertz CT molecular complexity index is 306. The van der Waals surface area contributed by atoms with Gasteiger partial charge >= 0.3 is 0 Å². The highest BCUT2D eigenvalue weighted by molar-refractivity contribution is 7.99. The van der Waals surface area contributed by atoms with Crippen LogP contribution in [0.5, 0.6) is 5.75 Å². The van der Waals surface area contributed by atoms with E-state index in [9.17, 15) is 5.11 Å². The molecular weight excluding hydrogens is 218 g/mol. The molecule has 1 aliphatic rings. The molecule has 0 spiro atoms. The number of piperidine rings is 1. The second-order valence-electron chi connectivity index (χ2n) is 4.26. The third-order valence-electron chi connectivity index (χ3n) is 2.93. The van der Waals surface area contributed by atoms with Gasteiger partial charge in [0.05, 0.1) is 0 Å². The van der Waals surface area contributed by atoms with Gasteiger partial charge in [0.15, 0.2) is 0 Å². The third kappa shape index (κ3) is 3.72. The van der Waals surface area contributed by atoms with Gasteiger partial charge in [0.2, 0.25) is 0 Å². The summed E-state index contributed by atoms with van der Waals surface area (Å²) in [5.74, 6) is 1.53. The number of thioether (sulfide) groups is 1. The molecule has 1 fully saturated rings. The minimum Gasteiger partial charge on any atom is -0.508 e. The minimum absolute atomic E-state index is 0.355. The number of benzene rings is 1. The Morgan fingerprint density at radius 2 is 2.12 bits per heavy atom. The molecule has 1 unspecified atom stereocenters. The number of hydrogen-bond donors (Lipinski definition) is 2. The molecule has 2 nitrogen and oxygen atoms in total. The summed E-state index contributed by atoms with van der Waals surface area (Å²) in [6.07, 6.45) is 3.77. The smallest absolute Gasteiger partial charge is 0.115 e. The van der Waals surface area contributed by atoms with E-state index in [0.29, 0.717) is 5.75 Å². The van der Waals surface area contributed by atoms with E-state index in [2.05, 4.69) is 17.1 Å². The molecule has 1 atom stereocenters. The molecule has 0 aliphatic carbocycles. The Hall–Kier alpha value is -0.670. The van der Waals surface area contributed by atoms with Gasteiger partial charge in [-0.25, -0.2) is 0 Å². The van der Waals surface area contributed by atoms with Crippen molar-refractivity contribution in [2.24, 2.45) is 0 Å². The van der Waals surface area contributed by atoms with E-state index >= 15 is 0 Å². The van der Waals surface area contributed by atoms with Crippen molar-refractivity contribution in [2.45, 2.75) is 24.5 Å². The molecule has 0 bridgehead atoms. The zero-order chi connectivity index (χ0) is 11.2. The first-order chi connectivity index (χ1) is 7.84. The van der Waals surface area contributed by atoms with Gasteiger partial charge in [-0.05, 0) is 49.3 Å². The fourth-order valence-corrected chi connectivity index (χ4v) is 3.22. The fourth-order valence-electron chi connectivity index (χ4n) is 1.97. The van der Waals surface area contributed by atoms with Crippen LogP contribution in [0.2, 0.25) is 0 Å². The van der Waals surface area contributed by atoms with Crippen LogP contribution in [-0.2, 0) is 6.42 Å². The number of hydrogen-bond acceptors (Lipinski definition) is 3. The SMILES string of the molecule is Oc1ccc(CCSC2CCCNC2)cc1. The van der Waals surface area contributed by atoms with Crippen molar-refractivity contribution >= 4 is 11.8 Å². The predicted octanol–water partition coefficient (Wildman–Crippen LogP) is 2.42. The van der Waals surface area contributed by atoms with E-state index in [4.69, 9.17) is 0 Å². The lowest BCUT2D eigenvalue weighted by atomic mass is 10.2. The average molecular weight is 237 g/mol. The fraction of sp³-hybridized carbons (Fsp3) is 0.538. The van der Waals surface area contributed by atoms with E-state index in [1.54, 1.807) is 12.1 Å². The van der Waals surface area contributed by atoms with Gasteiger partial charge in [-0.2, -0.15) is 11.8 Å². The molecule has 1 heterocycles. The summed E-state index contributed by atoms with van der Waals surface area (Å²) >= 11 is 2.07. The number of phenols is 1. The van der Waals surface area contributed by atoms with E-state index in [0.717, 1.165) is 11.7 Å². The maximum absolute atomic E-state index is 9.17. The highest BCUT2D eigenvalue weighted by Gasteiger charge is 2.12. The minimum atomic E-state index is 0.355. The molecule has 1 aromatic rings. The van der Waals surface area contributed by atoms with Crippen LogP contribution in [0, 0.1) is 0 Å². The lowest BCUT2D eigenvalue weighted by Crippen LogP contribution is -2.31. The number of aromatic hydroxyl groups is 1. The lowest BCUT2D eigenvalue weighted by molar-refractivity contribution is 0.475. The Morgan fingerprint density at radius 3 is 2.81 bits per heavy atom. The topological polar surface area (TPSA) is 32.3 Å². The molecule has 16 heavy (non-hydrogen) atoms. The Balaban J connectivity index is 1.69. The van der Waals surface area contributed by atoms with Crippen molar-refractivity contribution in [2.75, 3.05) is 18.8 Å². The monoisotopic (exact) mass is 237 g/mol. The Labute approximate surface area is 101 Å². The van der Waals surface area contributed by atoms with Crippen LogP contribution in [0.1, 0.15) is 18.4 Å². The van der Waals surface area contributed by atoms with Gasteiger partial charge in [-0.3, -0.25) is 0 Å². The first-order valence-electron chi connectivity index (χ1n) is 5.95. The Kier molecular flexibility index (Phi) is 4.55. The second-order valence-corrected chi connectivity index (χ2v) is 5.66. The molecule has 3 heteroatoms. The molecule has 88 valence electrons. The quantitative estimate of drug-likeness (QED) is 0.843. The number of phenolic OH excluding ortho intramolecular Hbond substituents is 1. The second kappa shape index (κ2) is 6.16. The van der Waals surface area contributed by atoms with Crippen LogP contribution >= 0.6 is 11.8 Å². The van der Waals surface area contributed by atoms with Crippen molar-refractivity contribution in [1.29, 1.82) is 0 Å². The van der Waals surface area contributed by atoms with Crippen molar-refractivity contribution in [3.63, 3.8) is 0 Å². The van der Waals surface area contributed by atoms with Crippen LogP contribution in [0.4, 0.5) is 0 Å². The maximum atomic E-state index is 9.17. The Morgan fingerprint density at radius 1 is 1.31 bits per heavy atom. The molecule has 1 aromatic carbocycles. The van der Waals surface area contributed by atoms with E-state index in [1.165, 1.54) is 37.2 Å². The average Bonchev–Trinajstić information content (AvgIpc) is 2.33. The third-order valence-corrected chi connectivity index (χ3v) is 4.25. The molecule has 0 aromatic heterocycles. The summed E-state index contributed by atoms with van der Waals surface area (Å²) in [5, 5.41) is 13.4. The van der Waals surface area contributed by atoms with Gasteiger partial charge in [0.25, 0.3) is 0 Å². The van der Waals surface area contributed by atoms with E-state index in [-0.39, 0.29) is 0 Å². The van der Waals surface area contributed by atoms with Crippen molar-refractivity contribution in [1.82, 2.24) is 5.32 Å². The summed E-state index contributed by atoms with van der Waals surface area (Å²) in [6, 6.07) is 7.55. The predicted molar refractivity (Wildman–Crippen MR) is 70.2 cm³/mol. The molecule has 1 saturated heterocycles. The summed E-state index contributed by atoms with van der Waals surface area (Å²) in [6.45, 7) is 2.36. The van der Waals surface area contributed by atoms with Crippen LogP contribution in [0.15, 0.2) is 24.3 Å². The largest absolute Gasteiger partial charge is 0.508 e. The lowest BCUT2D eigenvalue weighted by Gasteiger charge is -2.22. The van der Waals surface area contributed by atoms with Gasteiger partial charge in [-0.1, -0.05) is 12.1 Å². The van der Waals surface area contributed by atoms with Gasteiger partial charge in [-0.15, -0.1) is 0 Å². The number of rotatable bonds is 4. The van der Waals surface area contributed by atoms with E-state index < -0.39 is 0 Å². The van der Waals surface area contributed by atoms with Gasteiger partial charge < -0.3 is 10.4 Å². The first-order valence-corrected chi connectivity index (χ1v) is 7.00.